The van der Waals surface area contributed by atoms with Crippen molar-refractivity contribution < 1.29 is 4.74 Å². The second-order valence-electron chi connectivity index (χ2n) is 4.64. The SMILES string of the molecule is CN(Cc1ccc(C#CCN)cc1)C1CCOC1. The van der Waals surface area contributed by atoms with Gasteiger partial charge < -0.3 is 10.5 Å². The number of likely N-dealkylation sites (N-methyl/N-ethyl adjacent to an activating group) is 1. The Hall–Kier alpha value is -1.34. The zero-order valence-electron chi connectivity index (χ0n) is 10.9. The lowest BCUT2D eigenvalue weighted by atomic mass is 10.1. The highest BCUT2D eigenvalue weighted by Gasteiger charge is 2.19. The summed E-state index contributed by atoms with van der Waals surface area (Å²) in [5.41, 5.74) is 7.68. The molecule has 0 saturated carbocycles. The standard InChI is InChI=1S/C15H20N2O/c1-17(15-8-10-18-12-15)11-14-6-4-13(5-7-14)3-2-9-16/h4-7,15H,8-12,16H2,1H3. The Morgan fingerprint density at radius 1 is 1.39 bits per heavy atom. The largest absolute Gasteiger partial charge is 0.380 e. The third-order valence-electron chi connectivity index (χ3n) is 3.25. The molecule has 96 valence electrons. The van der Waals surface area contributed by atoms with E-state index in [9.17, 15) is 0 Å². The van der Waals surface area contributed by atoms with Crippen molar-refractivity contribution in [1.29, 1.82) is 0 Å². The van der Waals surface area contributed by atoms with Crippen LogP contribution in [0.3, 0.4) is 0 Å². The summed E-state index contributed by atoms with van der Waals surface area (Å²) >= 11 is 0. The van der Waals surface area contributed by atoms with Crippen LogP contribution in [-0.4, -0.2) is 37.7 Å². The number of hydrogen-bond donors (Lipinski definition) is 1. The molecule has 0 spiro atoms. The van der Waals surface area contributed by atoms with Gasteiger partial charge in [0.05, 0.1) is 13.2 Å². The van der Waals surface area contributed by atoms with Crippen LogP contribution in [0.5, 0.6) is 0 Å². The summed E-state index contributed by atoms with van der Waals surface area (Å²) in [7, 11) is 2.15. The average molecular weight is 244 g/mol. The van der Waals surface area contributed by atoms with Crippen LogP contribution in [0.15, 0.2) is 24.3 Å². The van der Waals surface area contributed by atoms with Crippen LogP contribution >= 0.6 is 0 Å². The molecule has 0 amide bonds. The number of benzene rings is 1. The van der Waals surface area contributed by atoms with Crippen LogP contribution in [0.2, 0.25) is 0 Å². The quantitative estimate of drug-likeness (QED) is 0.812. The van der Waals surface area contributed by atoms with Crippen molar-refractivity contribution in [3.63, 3.8) is 0 Å². The van der Waals surface area contributed by atoms with Crippen LogP contribution in [-0.2, 0) is 11.3 Å². The highest BCUT2D eigenvalue weighted by atomic mass is 16.5. The maximum Gasteiger partial charge on any atom is 0.0622 e. The fourth-order valence-corrected chi connectivity index (χ4v) is 2.13. The molecule has 2 rings (SSSR count). The maximum atomic E-state index is 5.41. The second kappa shape index (κ2) is 6.55. The predicted octanol–water partition coefficient (Wildman–Crippen LogP) is 1.22. The molecule has 0 aliphatic carbocycles. The number of rotatable bonds is 3. The third kappa shape index (κ3) is 3.58. The number of ether oxygens (including phenoxy) is 1. The van der Waals surface area contributed by atoms with Crippen molar-refractivity contribution >= 4 is 0 Å². The molecule has 1 unspecified atom stereocenters. The number of nitrogens with zero attached hydrogens (tertiary/aromatic N) is 1. The van der Waals surface area contributed by atoms with E-state index in [0.717, 1.165) is 31.7 Å². The summed E-state index contributed by atoms with van der Waals surface area (Å²) in [6.07, 6.45) is 1.14. The van der Waals surface area contributed by atoms with Gasteiger partial charge in [0, 0.05) is 24.8 Å². The summed E-state index contributed by atoms with van der Waals surface area (Å²) in [5.74, 6) is 5.89. The molecular formula is C15H20N2O. The van der Waals surface area contributed by atoms with Crippen molar-refractivity contribution in [2.75, 3.05) is 26.8 Å². The molecule has 1 saturated heterocycles. The van der Waals surface area contributed by atoms with Gasteiger partial charge in [0.25, 0.3) is 0 Å². The molecular weight excluding hydrogens is 224 g/mol. The monoisotopic (exact) mass is 244 g/mol. The lowest BCUT2D eigenvalue weighted by Crippen LogP contribution is -2.31. The minimum atomic E-state index is 0.409. The first kappa shape index (κ1) is 13.1. The zero-order chi connectivity index (χ0) is 12.8. The Balaban J connectivity index is 1.93. The first-order valence-corrected chi connectivity index (χ1v) is 6.35. The van der Waals surface area contributed by atoms with Crippen LogP contribution in [0, 0.1) is 11.8 Å². The summed E-state index contributed by atoms with van der Waals surface area (Å²) in [4.78, 5) is 2.35. The summed E-state index contributed by atoms with van der Waals surface area (Å²) in [6, 6.07) is 8.93. The van der Waals surface area contributed by atoms with Crippen molar-refractivity contribution in [3.8, 4) is 11.8 Å². The van der Waals surface area contributed by atoms with Gasteiger partial charge >= 0.3 is 0 Å². The highest BCUT2D eigenvalue weighted by Crippen LogP contribution is 2.14. The normalized spacial score (nSPS) is 18.7. The zero-order valence-corrected chi connectivity index (χ0v) is 10.9. The van der Waals surface area contributed by atoms with Crippen molar-refractivity contribution in [3.05, 3.63) is 35.4 Å². The van der Waals surface area contributed by atoms with E-state index in [1.54, 1.807) is 0 Å². The molecule has 1 atom stereocenters. The first-order valence-electron chi connectivity index (χ1n) is 6.35. The van der Waals surface area contributed by atoms with Crippen LogP contribution in [0.1, 0.15) is 17.5 Å². The van der Waals surface area contributed by atoms with Crippen LogP contribution in [0.4, 0.5) is 0 Å². The van der Waals surface area contributed by atoms with E-state index < -0.39 is 0 Å². The number of hydrogen-bond acceptors (Lipinski definition) is 3. The van der Waals surface area contributed by atoms with E-state index in [4.69, 9.17) is 10.5 Å². The lowest BCUT2D eigenvalue weighted by molar-refractivity contribution is 0.156. The van der Waals surface area contributed by atoms with Gasteiger partial charge in [-0.2, -0.15) is 0 Å². The molecule has 0 bridgehead atoms. The van der Waals surface area contributed by atoms with Gasteiger partial charge in [-0.15, -0.1) is 0 Å². The molecule has 1 aliphatic heterocycles. The van der Waals surface area contributed by atoms with E-state index in [1.165, 1.54) is 5.56 Å². The summed E-state index contributed by atoms with van der Waals surface area (Å²) in [5, 5.41) is 0. The maximum absolute atomic E-state index is 5.41. The minimum Gasteiger partial charge on any atom is -0.380 e. The van der Waals surface area contributed by atoms with Gasteiger partial charge in [0.15, 0.2) is 0 Å². The van der Waals surface area contributed by atoms with E-state index in [-0.39, 0.29) is 0 Å². The summed E-state index contributed by atoms with van der Waals surface area (Å²) in [6.45, 7) is 3.12. The Morgan fingerprint density at radius 3 is 2.78 bits per heavy atom. The molecule has 1 aromatic rings. The molecule has 3 nitrogen and oxygen atoms in total. The fraction of sp³-hybridized carbons (Fsp3) is 0.467. The molecule has 3 heteroatoms. The Kier molecular flexibility index (Phi) is 4.77. The predicted molar refractivity (Wildman–Crippen MR) is 73.1 cm³/mol. The van der Waals surface area contributed by atoms with E-state index in [2.05, 4.69) is 48.1 Å². The van der Waals surface area contributed by atoms with E-state index in [1.807, 2.05) is 0 Å². The molecule has 0 aromatic heterocycles. The molecule has 2 N–H and O–H groups in total. The Morgan fingerprint density at radius 2 is 2.17 bits per heavy atom. The highest BCUT2D eigenvalue weighted by molar-refractivity contribution is 5.36. The molecule has 1 fully saturated rings. The topological polar surface area (TPSA) is 38.5 Å². The van der Waals surface area contributed by atoms with Gasteiger partial charge in [-0.25, -0.2) is 0 Å². The van der Waals surface area contributed by atoms with Crippen LogP contribution in [0.25, 0.3) is 0 Å². The van der Waals surface area contributed by atoms with Crippen molar-refractivity contribution in [1.82, 2.24) is 4.90 Å². The third-order valence-corrected chi connectivity index (χ3v) is 3.25. The Bertz CT molecular complexity index is 424. The van der Waals surface area contributed by atoms with Crippen molar-refractivity contribution in [2.45, 2.75) is 19.0 Å². The first-order chi connectivity index (χ1) is 8.79. The van der Waals surface area contributed by atoms with Gasteiger partial charge in [-0.1, -0.05) is 24.0 Å². The van der Waals surface area contributed by atoms with E-state index in [0.29, 0.717) is 12.6 Å². The summed E-state index contributed by atoms with van der Waals surface area (Å²) < 4.78 is 5.41. The molecule has 18 heavy (non-hydrogen) atoms. The molecule has 0 radical (unpaired) electrons. The molecule has 1 aliphatic rings. The van der Waals surface area contributed by atoms with E-state index >= 15 is 0 Å². The second-order valence-corrected chi connectivity index (χ2v) is 4.64. The lowest BCUT2D eigenvalue weighted by Gasteiger charge is -2.22. The van der Waals surface area contributed by atoms with Gasteiger partial charge in [0.2, 0.25) is 0 Å². The molecule has 1 aromatic carbocycles. The van der Waals surface area contributed by atoms with Gasteiger partial charge in [0.1, 0.15) is 0 Å². The smallest absolute Gasteiger partial charge is 0.0622 e. The minimum absolute atomic E-state index is 0.409. The average Bonchev–Trinajstić information content (AvgIpc) is 2.92. The van der Waals surface area contributed by atoms with Crippen LogP contribution < -0.4 is 5.73 Å². The number of nitrogens with two attached hydrogens (primary N) is 1. The van der Waals surface area contributed by atoms with Gasteiger partial charge in [-0.3, -0.25) is 4.90 Å². The van der Waals surface area contributed by atoms with Crippen molar-refractivity contribution in [2.24, 2.45) is 5.73 Å². The fourth-order valence-electron chi connectivity index (χ4n) is 2.13. The molecule has 1 heterocycles. The van der Waals surface area contributed by atoms with Gasteiger partial charge in [-0.05, 0) is 31.2 Å². The Labute approximate surface area is 109 Å².